The van der Waals surface area contributed by atoms with Crippen molar-refractivity contribution in [1.82, 2.24) is 0 Å². The first-order chi connectivity index (χ1) is 31.9. The molecule has 15 heteroatoms. The van der Waals surface area contributed by atoms with E-state index in [9.17, 15) is 4.79 Å². The summed E-state index contributed by atoms with van der Waals surface area (Å²) in [4.78, 5) is 13.9. The summed E-state index contributed by atoms with van der Waals surface area (Å²) in [5.41, 5.74) is 0.478. The molecule has 386 valence electrons. The first kappa shape index (κ1) is 53.5. The zero-order chi connectivity index (χ0) is 48.9. The normalized spacial score (nSPS) is 48.3. The van der Waals surface area contributed by atoms with Gasteiger partial charge in [-0.15, -0.1) is 0 Å². The van der Waals surface area contributed by atoms with E-state index in [1.165, 1.54) is 5.57 Å². The maximum atomic E-state index is 13.9. The van der Waals surface area contributed by atoms with Gasteiger partial charge in [0.25, 0.3) is 0 Å². The summed E-state index contributed by atoms with van der Waals surface area (Å²) in [6, 6.07) is 0. The van der Waals surface area contributed by atoms with Crippen molar-refractivity contribution in [1.29, 1.82) is 0 Å². The molecule has 0 spiro atoms. The number of fused-ring (bicyclic) bond motifs is 7. The average molecular weight is 953 g/mol. The Balaban J connectivity index is 1.22. The zero-order valence-electron chi connectivity index (χ0n) is 43.8. The molecular weight excluding hydrogens is 865 g/mol. The minimum Gasteiger partial charge on any atom is -0.469 e. The minimum atomic E-state index is -0.932. The molecule has 2 saturated heterocycles. The Morgan fingerprint density at radius 3 is 1.73 bits per heavy atom. The zero-order valence-corrected chi connectivity index (χ0v) is 43.8. The Morgan fingerprint density at radius 2 is 1.18 bits per heavy atom. The number of methoxy groups -OCH3 is 10. The molecule has 2 heterocycles. The molecule has 5 aliphatic carbocycles. The first-order valence-electron chi connectivity index (χ1n) is 24.9. The van der Waals surface area contributed by atoms with Gasteiger partial charge >= 0.3 is 5.97 Å². The fourth-order valence-corrected chi connectivity index (χ4v) is 16.0. The Hall–Kier alpha value is -1.31. The quantitative estimate of drug-likeness (QED) is 0.0855. The number of hydrogen-bond acceptors (Lipinski definition) is 15. The van der Waals surface area contributed by atoms with Crippen LogP contribution >= 0.6 is 0 Å². The molecule has 2 aliphatic heterocycles. The molecule has 0 aromatic carbocycles. The molecular formula is C52H88O15. The van der Waals surface area contributed by atoms with E-state index in [-0.39, 0.29) is 58.8 Å². The Morgan fingerprint density at radius 1 is 0.612 bits per heavy atom. The number of carbonyl (C=O) groups is 1. The second-order valence-electron chi connectivity index (χ2n) is 22.9. The van der Waals surface area contributed by atoms with E-state index in [1.54, 1.807) is 71.1 Å². The highest BCUT2D eigenvalue weighted by Crippen LogP contribution is 2.76. The average Bonchev–Trinajstić information content (AvgIpc) is 3.29. The predicted molar refractivity (Wildman–Crippen MR) is 248 cm³/mol. The van der Waals surface area contributed by atoms with Crippen LogP contribution < -0.4 is 0 Å². The number of rotatable bonds is 17. The molecule has 0 amide bonds. The number of hydrogen-bond donors (Lipinski definition) is 0. The van der Waals surface area contributed by atoms with E-state index in [0.29, 0.717) is 12.5 Å². The van der Waals surface area contributed by atoms with Crippen LogP contribution in [0, 0.1) is 50.2 Å². The molecule has 15 nitrogen and oxygen atoms in total. The summed E-state index contributed by atoms with van der Waals surface area (Å²) in [5, 5.41) is 0. The standard InChI is InChI=1S/C52H88O15/c1-47(2)21-23-52(46(53)63-16)24-22-50(5)30(31(52)25-47)17-18-36-48(3)26-32(57-10)43(49(4,29-56-9)35(48)19-20-51(36,50)6)67-45-42(62-15)40(38(59-12)34(65-45)28-55-8)66-44-41(61-14)39(60-13)37(58-11)33(64-44)27-54-7/h17,31-45H,18-29H2,1-16H3/t31-,32-,33+,34+,35?,36+,37+,38+,39-,40-,41+,42+,43-,44-,45-,48-,49-,50+,51+,52-/m0/s1. The number of allylic oxidation sites excluding steroid dienone is 2. The summed E-state index contributed by atoms with van der Waals surface area (Å²) in [7, 11) is 16.5. The monoisotopic (exact) mass is 953 g/mol. The molecule has 0 radical (unpaired) electrons. The molecule has 6 fully saturated rings. The van der Waals surface area contributed by atoms with Gasteiger partial charge in [0.05, 0.1) is 44.6 Å². The van der Waals surface area contributed by atoms with Crippen LogP contribution in [0.25, 0.3) is 0 Å². The van der Waals surface area contributed by atoms with E-state index in [0.717, 1.165) is 57.8 Å². The van der Waals surface area contributed by atoms with Gasteiger partial charge in [-0.1, -0.05) is 53.2 Å². The third kappa shape index (κ3) is 8.73. The third-order valence-corrected chi connectivity index (χ3v) is 19.5. The van der Waals surface area contributed by atoms with Gasteiger partial charge in [-0.2, -0.15) is 0 Å². The lowest BCUT2D eigenvalue weighted by Gasteiger charge is -2.72. The van der Waals surface area contributed by atoms with Gasteiger partial charge in [-0.05, 0) is 97.2 Å². The van der Waals surface area contributed by atoms with Crippen molar-refractivity contribution in [2.24, 2.45) is 50.2 Å². The van der Waals surface area contributed by atoms with Crippen molar-refractivity contribution in [3.05, 3.63) is 11.6 Å². The molecule has 0 bridgehead atoms. The van der Waals surface area contributed by atoms with Crippen molar-refractivity contribution in [2.45, 2.75) is 173 Å². The Kier molecular flexibility index (Phi) is 16.5. The second-order valence-corrected chi connectivity index (χ2v) is 22.9. The van der Waals surface area contributed by atoms with Crippen LogP contribution in [0.1, 0.15) is 99.3 Å². The highest BCUT2D eigenvalue weighted by atomic mass is 16.8. The third-order valence-electron chi connectivity index (χ3n) is 19.5. The van der Waals surface area contributed by atoms with Crippen LogP contribution in [-0.4, -0.2) is 171 Å². The summed E-state index contributed by atoms with van der Waals surface area (Å²) in [5.74, 6) is 0.730. The van der Waals surface area contributed by atoms with Gasteiger partial charge in [0, 0.05) is 69.4 Å². The SMILES string of the molecule is COC[C@H]1O[C@@H](O[C@@H]2[C@@H](OC)[C@H](O[C@H]3[C@@H](OC)C[C@@]4(C)C(CC[C@]5(C)[C@@H]4CC=C4[C@@H]6CC(C)(C)CC[C@]6(C(=O)OC)CC[C@]45C)[C@]3(C)COC)O[C@H](COC)[C@H]2OC)[C@H](OC)[C@@H](OC)[C@@H]1OC. The van der Waals surface area contributed by atoms with E-state index in [2.05, 4.69) is 47.6 Å². The topological polar surface area (TPSA) is 146 Å². The van der Waals surface area contributed by atoms with Crippen molar-refractivity contribution in [2.75, 3.05) is 90.9 Å². The maximum Gasteiger partial charge on any atom is 0.312 e. The van der Waals surface area contributed by atoms with E-state index in [1.807, 2.05) is 0 Å². The summed E-state index contributed by atoms with van der Waals surface area (Å²) in [6.45, 7) is 15.6. The van der Waals surface area contributed by atoms with Gasteiger partial charge in [-0.25, -0.2) is 0 Å². The Bertz CT molecular complexity index is 1710. The second kappa shape index (κ2) is 20.7. The molecule has 20 atom stereocenters. The van der Waals surface area contributed by atoms with Crippen molar-refractivity contribution < 1.29 is 71.1 Å². The smallest absolute Gasteiger partial charge is 0.312 e. The van der Waals surface area contributed by atoms with Crippen molar-refractivity contribution >= 4 is 5.97 Å². The molecule has 7 aliphatic rings. The van der Waals surface area contributed by atoms with Crippen LogP contribution in [0.5, 0.6) is 0 Å². The number of esters is 1. The van der Waals surface area contributed by atoms with Crippen LogP contribution in [0.3, 0.4) is 0 Å². The van der Waals surface area contributed by atoms with Gasteiger partial charge in [0.2, 0.25) is 0 Å². The number of ether oxygens (including phenoxy) is 14. The highest BCUT2D eigenvalue weighted by Gasteiger charge is 2.71. The molecule has 67 heavy (non-hydrogen) atoms. The van der Waals surface area contributed by atoms with E-state index < -0.39 is 78.3 Å². The lowest BCUT2D eigenvalue weighted by Crippen LogP contribution is -2.70. The maximum absolute atomic E-state index is 13.9. The fraction of sp³-hybridized carbons (Fsp3) is 0.942. The molecule has 7 rings (SSSR count). The van der Waals surface area contributed by atoms with E-state index >= 15 is 0 Å². The predicted octanol–water partition coefficient (Wildman–Crippen LogP) is 6.80. The lowest BCUT2D eigenvalue weighted by atomic mass is 9.33. The number of carbonyl (C=O) groups excluding carboxylic acids is 1. The van der Waals surface area contributed by atoms with Crippen LogP contribution in [0.15, 0.2) is 11.6 Å². The largest absolute Gasteiger partial charge is 0.469 e. The van der Waals surface area contributed by atoms with Crippen LogP contribution in [0.2, 0.25) is 0 Å². The highest BCUT2D eigenvalue weighted by molar-refractivity contribution is 5.78. The lowest BCUT2D eigenvalue weighted by molar-refractivity contribution is -0.382. The minimum absolute atomic E-state index is 0.0124. The summed E-state index contributed by atoms with van der Waals surface area (Å²) in [6.07, 6.45) is 3.47. The van der Waals surface area contributed by atoms with Gasteiger partial charge < -0.3 is 66.3 Å². The fourth-order valence-electron chi connectivity index (χ4n) is 16.0. The molecule has 4 saturated carbocycles. The summed E-state index contributed by atoms with van der Waals surface area (Å²) >= 11 is 0. The van der Waals surface area contributed by atoms with Gasteiger partial charge in [0.1, 0.15) is 48.8 Å². The van der Waals surface area contributed by atoms with Gasteiger partial charge in [0.15, 0.2) is 12.6 Å². The molecule has 1 unspecified atom stereocenters. The first-order valence-corrected chi connectivity index (χ1v) is 24.9. The van der Waals surface area contributed by atoms with Crippen molar-refractivity contribution in [3.8, 4) is 0 Å². The Labute approximate surface area is 401 Å². The summed E-state index contributed by atoms with van der Waals surface area (Å²) < 4.78 is 88.1. The van der Waals surface area contributed by atoms with E-state index in [4.69, 9.17) is 66.3 Å². The molecule has 0 N–H and O–H groups in total. The van der Waals surface area contributed by atoms with Gasteiger partial charge in [-0.3, -0.25) is 4.79 Å². The molecule has 0 aromatic rings. The van der Waals surface area contributed by atoms with Crippen LogP contribution in [-0.2, 0) is 71.1 Å². The molecule has 0 aromatic heterocycles. The van der Waals surface area contributed by atoms with Crippen LogP contribution in [0.4, 0.5) is 0 Å². The van der Waals surface area contributed by atoms with Crippen molar-refractivity contribution in [3.63, 3.8) is 0 Å².